The fraction of sp³-hybridized carbons (Fsp3) is 0.188. The van der Waals surface area contributed by atoms with Gasteiger partial charge in [0.25, 0.3) is 0 Å². The standard InChI is InChI=1S/C16H16BrNO2/c1-20-16(19)15(13-8-5-9-14(17)10-13)18-11-12-6-3-2-4-7-12/h2-10,15,18H,11H2,1H3. The second-order valence-electron chi connectivity index (χ2n) is 4.38. The fourth-order valence-electron chi connectivity index (χ4n) is 1.96. The van der Waals surface area contributed by atoms with Crippen LogP contribution in [0.5, 0.6) is 0 Å². The van der Waals surface area contributed by atoms with Crippen molar-refractivity contribution < 1.29 is 9.53 Å². The third kappa shape index (κ3) is 3.92. The Morgan fingerprint density at radius 2 is 1.95 bits per heavy atom. The maximum Gasteiger partial charge on any atom is 0.327 e. The highest BCUT2D eigenvalue weighted by Gasteiger charge is 2.20. The molecule has 0 aliphatic rings. The van der Waals surface area contributed by atoms with Crippen LogP contribution in [-0.2, 0) is 16.1 Å². The van der Waals surface area contributed by atoms with E-state index in [2.05, 4.69) is 21.2 Å². The zero-order chi connectivity index (χ0) is 14.4. The van der Waals surface area contributed by atoms with E-state index < -0.39 is 6.04 Å². The first-order chi connectivity index (χ1) is 9.70. The van der Waals surface area contributed by atoms with Gasteiger partial charge < -0.3 is 4.74 Å². The molecule has 0 bridgehead atoms. The van der Waals surface area contributed by atoms with E-state index in [0.717, 1.165) is 15.6 Å². The van der Waals surface area contributed by atoms with Crippen molar-refractivity contribution in [3.63, 3.8) is 0 Å². The van der Waals surface area contributed by atoms with Gasteiger partial charge in [0.05, 0.1) is 7.11 Å². The summed E-state index contributed by atoms with van der Waals surface area (Å²) in [7, 11) is 1.40. The fourth-order valence-corrected chi connectivity index (χ4v) is 2.37. The Bertz CT molecular complexity index is 572. The Kier molecular flexibility index (Phi) is 5.32. The van der Waals surface area contributed by atoms with Gasteiger partial charge in [-0.2, -0.15) is 0 Å². The average Bonchev–Trinajstić information content (AvgIpc) is 2.48. The summed E-state index contributed by atoms with van der Waals surface area (Å²) in [6.07, 6.45) is 0. The molecule has 1 atom stereocenters. The van der Waals surface area contributed by atoms with Gasteiger partial charge >= 0.3 is 5.97 Å². The lowest BCUT2D eigenvalue weighted by atomic mass is 10.1. The van der Waals surface area contributed by atoms with E-state index in [4.69, 9.17) is 4.74 Å². The lowest BCUT2D eigenvalue weighted by Gasteiger charge is -2.17. The van der Waals surface area contributed by atoms with Crippen LogP contribution in [0.1, 0.15) is 17.2 Å². The minimum absolute atomic E-state index is 0.293. The van der Waals surface area contributed by atoms with Crippen molar-refractivity contribution in [1.82, 2.24) is 5.32 Å². The molecule has 0 fully saturated rings. The van der Waals surface area contributed by atoms with Crippen LogP contribution in [0.25, 0.3) is 0 Å². The maximum atomic E-state index is 11.9. The first kappa shape index (κ1) is 14.8. The van der Waals surface area contributed by atoms with Crippen LogP contribution in [0.3, 0.4) is 0 Å². The lowest BCUT2D eigenvalue weighted by molar-refractivity contribution is -0.143. The summed E-state index contributed by atoms with van der Waals surface area (Å²) in [5.74, 6) is -0.293. The summed E-state index contributed by atoms with van der Waals surface area (Å²) in [5.41, 5.74) is 2.00. The molecule has 4 heteroatoms. The number of benzene rings is 2. The number of ether oxygens (including phenoxy) is 1. The monoisotopic (exact) mass is 333 g/mol. The van der Waals surface area contributed by atoms with E-state index in [1.165, 1.54) is 7.11 Å². The van der Waals surface area contributed by atoms with Crippen LogP contribution in [0.15, 0.2) is 59.1 Å². The van der Waals surface area contributed by atoms with Crippen LogP contribution in [0, 0.1) is 0 Å². The summed E-state index contributed by atoms with van der Waals surface area (Å²) in [4.78, 5) is 11.9. The Balaban J connectivity index is 2.14. The van der Waals surface area contributed by atoms with Crippen molar-refractivity contribution in [1.29, 1.82) is 0 Å². The zero-order valence-electron chi connectivity index (χ0n) is 11.2. The Morgan fingerprint density at radius 1 is 1.20 bits per heavy atom. The van der Waals surface area contributed by atoms with E-state index in [1.54, 1.807) is 0 Å². The molecule has 20 heavy (non-hydrogen) atoms. The number of halogens is 1. The molecule has 0 saturated carbocycles. The van der Waals surface area contributed by atoms with E-state index in [1.807, 2.05) is 54.6 Å². The minimum Gasteiger partial charge on any atom is -0.468 e. The summed E-state index contributed by atoms with van der Waals surface area (Å²) < 4.78 is 5.81. The van der Waals surface area contributed by atoms with Crippen LogP contribution >= 0.6 is 15.9 Å². The van der Waals surface area contributed by atoms with Crippen molar-refractivity contribution in [2.24, 2.45) is 0 Å². The van der Waals surface area contributed by atoms with Gasteiger partial charge in [-0.25, -0.2) is 4.79 Å². The quantitative estimate of drug-likeness (QED) is 0.851. The summed E-state index contributed by atoms with van der Waals surface area (Å²) in [6, 6.07) is 17.1. The van der Waals surface area contributed by atoms with E-state index in [-0.39, 0.29) is 5.97 Å². The van der Waals surface area contributed by atoms with Crippen molar-refractivity contribution in [3.8, 4) is 0 Å². The molecule has 0 radical (unpaired) electrons. The van der Waals surface area contributed by atoms with Gasteiger partial charge in [0.15, 0.2) is 0 Å². The molecule has 0 heterocycles. The summed E-state index contributed by atoms with van der Waals surface area (Å²) in [5, 5.41) is 3.23. The number of carbonyl (C=O) groups is 1. The van der Waals surface area contributed by atoms with Crippen LogP contribution in [0.2, 0.25) is 0 Å². The molecule has 1 N–H and O–H groups in total. The lowest BCUT2D eigenvalue weighted by Crippen LogP contribution is -2.29. The molecule has 104 valence electrons. The first-order valence-corrected chi connectivity index (χ1v) is 7.10. The van der Waals surface area contributed by atoms with Gasteiger partial charge in [-0.3, -0.25) is 5.32 Å². The van der Waals surface area contributed by atoms with Gasteiger partial charge in [0.2, 0.25) is 0 Å². The molecular formula is C16H16BrNO2. The predicted molar refractivity (Wildman–Crippen MR) is 82.2 cm³/mol. The molecule has 0 spiro atoms. The molecule has 2 rings (SSSR count). The minimum atomic E-state index is -0.474. The first-order valence-electron chi connectivity index (χ1n) is 6.31. The normalized spacial score (nSPS) is 11.9. The molecule has 2 aromatic rings. The van der Waals surface area contributed by atoms with Crippen LogP contribution < -0.4 is 5.32 Å². The van der Waals surface area contributed by atoms with Crippen LogP contribution in [-0.4, -0.2) is 13.1 Å². The zero-order valence-corrected chi connectivity index (χ0v) is 12.8. The SMILES string of the molecule is COC(=O)C(NCc1ccccc1)c1cccc(Br)c1. The highest BCUT2D eigenvalue weighted by molar-refractivity contribution is 9.10. The van der Waals surface area contributed by atoms with Crippen molar-refractivity contribution >= 4 is 21.9 Å². The Labute approximate surface area is 127 Å². The third-order valence-corrected chi connectivity index (χ3v) is 3.47. The maximum absolute atomic E-state index is 11.9. The van der Waals surface area contributed by atoms with E-state index >= 15 is 0 Å². The molecule has 0 aliphatic carbocycles. The molecule has 0 amide bonds. The van der Waals surface area contributed by atoms with Crippen molar-refractivity contribution in [3.05, 3.63) is 70.2 Å². The van der Waals surface area contributed by atoms with E-state index in [9.17, 15) is 4.79 Å². The summed E-state index contributed by atoms with van der Waals surface area (Å²) in [6.45, 7) is 0.604. The predicted octanol–water partition coefficient (Wildman–Crippen LogP) is 3.45. The number of hydrogen-bond donors (Lipinski definition) is 1. The van der Waals surface area contributed by atoms with Gasteiger partial charge in [-0.15, -0.1) is 0 Å². The number of carbonyl (C=O) groups excluding carboxylic acids is 1. The topological polar surface area (TPSA) is 38.3 Å². The Hall–Kier alpha value is -1.65. The molecule has 2 aromatic carbocycles. The van der Waals surface area contributed by atoms with Gasteiger partial charge in [0, 0.05) is 11.0 Å². The number of esters is 1. The second kappa shape index (κ2) is 7.22. The third-order valence-electron chi connectivity index (χ3n) is 2.97. The van der Waals surface area contributed by atoms with Crippen molar-refractivity contribution in [2.75, 3.05) is 7.11 Å². The molecule has 0 saturated heterocycles. The molecule has 0 aliphatic heterocycles. The van der Waals surface area contributed by atoms with Gasteiger partial charge in [-0.05, 0) is 23.3 Å². The number of nitrogens with one attached hydrogen (secondary N) is 1. The Morgan fingerprint density at radius 3 is 2.60 bits per heavy atom. The van der Waals surface area contributed by atoms with Gasteiger partial charge in [0.1, 0.15) is 6.04 Å². The number of methoxy groups -OCH3 is 1. The van der Waals surface area contributed by atoms with Crippen molar-refractivity contribution in [2.45, 2.75) is 12.6 Å². The molecular weight excluding hydrogens is 318 g/mol. The van der Waals surface area contributed by atoms with E-state index in [0.29, 0.717) is 6.54 Å². The van der Waals surface area contributed by atoms with Crippen LogP contribution in [0.4, 0.5) is 0 Å². The second-order valence-corrected chi connectivity index (χ2v) is 5.29. The number of rotatable bonds is 5. The smallest absolute Gasteiger partial charge is 0.327 e. The molecule has 0 aromatic heterocycles. The highest BCUT2D eigenvalue weighted by atomic mass is 79.9. The largest absolute Gasteiger partial charge is 0.468 e. The molecule has 1 unspecified atom stereocenters. The summed E-state index contributed by atoms with van der Waals surface area (Å²) >= 11 is 3.42. The average molecular weight is 334 g/mol. The van der Waals surface area contributed by atoms with Gasteiger partial charge in [-0.1, -0.05) is 58.4 Å². The molecule has 3 nitrogen and oxygen atoms in total. The number of hydrogen-bond acceptors (Lipinski definition) is 3. The highest BCUT2D eigenvalue weighted by Crippen LogP contribution is 2.20.